The average Bonchev–Trinajstić information content (AvgIpc) is 2.33. The van der Waals surface area contributed by atoms with Crippen molar-refractivity contribution in [2.75, 3.05) is 0 Å². The molecule has 106 valence electrons. The quantitative estimate of drug-likeness (QED) is 0.552. The Morgan fingerprint density at radius 1 is 1.00 bits per heavy atom. The van der Waals surface area contributed by atoms with E-state index in [0.29, 0.717) is 15.7 Å². The molecule has 0 heterocycles. The van der Waals surface area contributed by atoms with Gasteiger partial charge in [-0.25, -0.2) is 4.99 Å². The second-order valence-electron chi connectivity index (χ2n) is 3.77. The summed E-state index contributed by atoms with van der Waals surface area (Å²) in [5.74, 6) is -0.156. The molecule has 20 heavy (non-hydrogen) atoms. The largest absolute Gasteiger partial charge is 0.370 e. The van der Waals surface area contributed by atoms with Crippen LogP contribution in [0.25, 0.3) is 10.8 Å². The molecule has 0 unspecified atom stereocenters. The number of aliphatic imine (C=N–C) groups is 2. The van der Waals surface area contributed by atoms with E-state index in [2.05, 4.69) is 9.98 Å². The van der Waals surface area contributed by atoms with Crippen LogP contribution < -0.4 is 17.2 Å². The second kappa shape index (κ2) is 6.65. The molecule has 8 heteroatoms. The van der Waals surface area contributed by atoms with Gasteiger partial charge in [0.25, 0.3) is 0 Å². The van der Waals surface area contributed by atoms with Crippen LogP contribution in [0.1, 0.15) is 0 Å². The highest BCUT2D eigenvalue weighted by atomic mass is 35.5. The number of fused-ring (bicyclic) bond motifs is 1. The average molecular weight is 333 g/mol. The maximum atomic E-state index is 6.11. The molecule has 0 spiro atoms. The third kappa shape index (κ3) is 3.66. The van der Waals surface area contributed by atoms with Crippen LogP contribution in [-0.4, -0.2) is 11.9 Å². The van der Waals surface area contributed by atoms with Crippen molar-refractivity contribution >= 4 is 64.0 Å². The molecule has 6 N–H and O–H groups in total. The van der Waals surface area contributed by atoms with Gasteiger partial charge in [0, 0.05) is 5.39 Å². The Labute approximate surface area is 131 Å². The molecule has 0 saturated carbocycles. The molecule has 0 aliphatic rings. The highest BCUT2D eigenvalue weighted by molar-refractivity contribution is 6.45. The molecular weight excluding hydrogens is 321 g/mol. The van der Waals surface area contributed by atoms with Gasteiger partial charge in [-0.3, -0.25) is 0 Å². The molecule has 0 amide bonds. The summed E-state index contributed by atoms with van der Waals surface area (Å²) in [5.41, 5.74) is 16.6. The zero-order valence-corrected chi connectivity index (χ0v) is 12.5. The van der Waals surface area contributed by atoms with Crippen molar-refractivity contribution in [2.45, 2.75) is 0 Å². The minimum absolute atomic E-state index is 0. The van der Waals surface area contributed by atoms with Crippen LogP contribution in [0.5, 0.6) is 0 Å². The number of rotatable bonds is 1. The smallest absolute Gasteiger partial charge is 0.223 e. The summed E-state index contributed by atoms with van der Waals surface area (Å²) in [5, 5.41) is 2.75. The summed E-state index contributed by atoms with van der Waals surface area (Å²) in [4.78, 5) is 7.71. The molecule has 2 aromatic carbocycles. The highest BCUT2D eigenvalue weighted by Crippen LogP contribution is 2.32. The Kier molecular flexibility index (Phi) is 5.44. The molecule has 0 fully saturated rings. The molecule has 0 bridgehead atoms. The molecule has 5 nitrogen and oxygen atoms in total. The fourth-order valence-corrected chi connectivity index (χ4v) is 2.01. The molecule has 0 aliphatic carbocycles. The first kappa shape index (κ1) is 16.4. The first-order chi connectivity index (χ1) is 8.97. The van der Waals surface area contributed by atoms with Crippen molar-refractivity contribution < 1.29 is 0 Å². The zero-order valence-electron chi connectivity index (χ0n) is 10.2. The standard InChI is InChI=1S/C12H11Cl2N5.ClH/c13-9-4-1-6-5-7(2-3-8(6)10(9)14)18-12(17)19-11(15)16;/h1-5H,(H6,15,16,17,18,19);1H. The van der Waals surface area contributed by atoms with Crippen molar-refractivity contribution in [1.82, 2.24) is 0 Å². The number of nitrogens with two attached hydrogens (primary N) is 3. The van der Waals surface area contributed by atoms with Gasteiger partial charge in [0.15, 0.2) is 5.96 Å². The van der Waals surface area contributed by atoms with Crippen LogP contribution in [0.15, 0.2) is 40.3 Å². The molecule has 0 radical (unpaired) electrons. The first-order valence-electron chi connectivity index (χ1n) is 5.29. The number of guanidine groups is 2. The summed E-state index contributed by atoms with van der Waals surface area (Å²) < 4.78 is 0. The van der Waals surface area contributed by atoms with Gasteiger partial charge in [-0.2, -0.15) is 4.99 Å². The lowest BCUT2D eigenvalue weighted by Gasteiger charge is -2.03. The fraction of sp³-hybridized carbons (Fsp3) is 0. The molecule has 0 atom stereocenters. The zero-order chi connectivity index (χ0) is 14.0. The summed E-state index contributed by atoms with van der Waals surface area (Å²) in [7, 11) is 0. The molecular formula is C12H12Cl3N5. The van der Waals surface area contributed by atoms with Gasteiger partial charge in [0.1, 0.15) is 0 Å². The van der Waals surface area contributed by atoms with Gasteiger partial charge in [-0.15, -0.1) is 12.4 Å². The van der Waals surface area contributed by atoms with E-state index in [1.807, 2.05) is 18.2 Å². The maximum Gasteiger partial charge on any atom is 0.223 e. The lowest BCUT2D eigenvalue weighted by Crippen LogP contribution is -2.26. The summed E-state index contributed by atoms with van der Waals surface area (Å²) in [6.45, 7) is 0. The van der Waals surface area contributed by atoms with Crippen LogP contribution in [0.2, 0.25) is 10.0 Å². The molecule has 2 rings (SSSR count). The predicted octanol–water partition coefficient (Wildman–Crippen LogP) is 2.79. The topological polar surface area (TPSA) is 103 Å². The summed E-state index contributed by atoms with van der Waals surface area (Å²) in [6.07, 6.45) is 0. The van der Waals surface area contributed by atoms with E-state index < -0.39 is 0 Å². The Morgan fingerprint density at radius 2 is 1.70 bits per heavy atom. The van der Waals surface area contributed by atoms with Crippen molar-refractivity contribution in [3.63, 3.8) is 0 Å². The Hall–Kier alpha value is -1.69. The monoisotopic (exact) mass is 331 g/mol. The van der Waals surface area contributed by atoms with Gasteiger partial charge in [0.05, 0.1) is 15.7 Å². The summed E-state index contributed by atoms with van der Waals surface area (Å²) in [6, 6.07) is 8.94. The van der Waals surface area contributed by atoms with Crippen LogP contribution in [-0.2, 0) is 0 Å². The Morgan fingerprint density at radius 3 is 2.35 bits per heavy atom. The second-order valence-corrected chi connectivity index (χ2v) is 4.56. The van der Waals surface area contributed by atoms with E-state index in [-0.39, 0.29) is 24.3 Å². The van der Waals surface area contributed by atoms with Crippen molar-refractivity contribution in [3.05, 3.63) is 40.4 Å². The Bertz CT molecular complexity index is 693. The minimum Gasteiger partial charge on any atom is -0.370 e. The summed E-state index contributed by atoms with van der Waals surface area (Å²) >= 11 is 12.0. The molecule has 2 aromatic rings. The van der Waals surface area contributed by atoms with Crippen molar-refractivity contribution in [2.24, 2.45) is 27.2 Å². The maximum absolute atomic E-state index is 6.11. The SMILES string of the molecule is Cl.NC(N)=NC(N)=Nc1ccc2c(Cl)c(Cl)ccc2c1. The highest BCUT2D eigenvalue weighted by Gasteiger charge is 2.04. The van der Waals surface area contributed by atoms with Crippen LogP contribution in [0, 0.1) is 0 Å². The van der Waals surface area contributed by atoms with E-state index in [4.69, 9.17) is 40.4 Å². The molecule has 0 aromatic heterocycles. The number of hydrogen-bond donors (Lipinski definition) is 3. The van der Waals surface area contributed by atoms with Gasteiger partial charge < -0.3 is 17.2 Å². The normalized spacial score (nSPS) is 11.0. The Balaban J connectivity index is 0.00000200. The lowest BCUT2D eigenvalue weighted by atomic mass is 10.1. The van der Waals surface area contributed by atoms with Gasteiger partial charge >= 0.3 is 0 Å². The molecule has 0 saturated heterocycles. The van der Waals surface area contributed by atoms with Gasteiger partial charge in [-0.05, 0) is 23.6 Å². The molecule has 0 aliphatic heterocycles. The van der Waals surface area contributed by atoms with Crippen molar-refractivity contribution in [3.8, 4) is 0 Å². The first-order valence-corrected chi connectivity index (χ1v) is 6.04. The van der Waals surface area contributed by atoms with Crippen LogP contribution in [0.3, 0.4) is 0 Å². The van der Waals surface area contributed by atoms with E-state index in [0.717, 1.165) is 10.8 Å². The number of benzene rings is 2. The third-order valence-corrected chi connectivity index (χ3v) is 3.20. The van der Waals surface area contributed by atoms with E-state index in [9.17, 15) is 0 Å². The van der Waals surface area contributed by atoms with Gasteiger partial charge in [-0.1, -0.05) is 35.3 Å². The van der Waals surface area contributed by atoms with Crippen LogP contribution in [0.4, 0.5) is 5.69 Å². The van der Waals surface area contributed by atoms with E-state index >= 15 is 0 Å². The minimum atomic E-state index is -0.142. The lowest BCUT2D eigenvalue weighted by molar-refractivity contribution is 1.39. The predicted molar refractivity (Wildman–Crippen MR) is 88.3 cm³/mol. The van der Waals surface area contributed by atoms with Crippen molar-refractivity contribution in [1.29, 1.82) is 0 Å². The van der Waals surface area contributed by atoms with E-state index in [1.165, 1.54) is 0 Å². The van der Waals surface area contributed by atoms with Crippen LogP contribution >= 0.6 is 35.6 Å². The van der Waals surface area contributed by atoms with E-state index in [1.54, 1.807) is 12.1 Å². The number of halogens is 3. The van der Waals surface area contributed by atoms with Gasteiger partial charge in [0.2, 0.25) is 5.96 Å². The fourth-order valence-electron chi connectivity index (χ4n) is 1.61. The number of hydrogen-bond acceptors (Lipinski definition) is 1. The number of nitrogens with zero attached hydrogens (tertiary/aromatic N) is 2. The third-order valence-electron chi connectivity index (χ3n) is 2.38.